The third kappa shape index (κ3) is 84.6. The molecule has 0 spiro atoms. The molecule has 0 N–H and O–H groups in total. The number of nitrogens with zero attached hydrogens (tertiary/aromatic N) is 1. The molecule has 2 atom stereocenters. The van der Waals surface area contributed by atoms with Crippen LogP contribution < -0.4 is 5.11 Å². The lowest BCUT2D eigenvalue weighted by Gasteiger charge is -2.26. The zero-order chi connectivity index (χ0) is 74.6. The Balaban J connectivity index is 3.99. The minimum atomic E-state index is -1.63. The van der Waals surface area contributed by atoms with Crippen molar-refractivity contribution in [2.24, 2.45) is 0 Å². The predicted molar refractivity (Wildman–Crippen MR) is 444 cm³/mol. The fourth-order valence-corrected chi connectivity index (χ4v) is 12.3. The van der Waals surface area contributed by atoms with Gasteiger partial charge in [-0.25, -0.2) is 0 Å². The van der Waals surface area contributed by atoms with Crippen molar-refractivity contribution < 1.29 is 42.9 Å². The zero-order valence-corrected chi connectivity index (χ0v) is 67.9. The van der Waals surface area contributed by atoms with Gasteiger partial charge in [-0.05, 0) is 116 Å². The van der Waals surface area contributed by atoms with Crippen LogP contribution in [0.5, 0.6) is 0 Å². The van der Waals surface area contributed by atoms with Gasteiger partial charge >= 0.3 is 11.9 Å². The molecule has 2 unspecified atom stereocenters. The summed E-state index contributed by atoms with van der Waals surface area (Å²) in [6.07, 6.45) is 117. The summed E-state index contributed by atoms with van der Waals surface area (Å²) >= 11 is 0. The van der Waals surface area contributed by atoms with E-state index in [2.05, 4.69) is 148 Å². The Morgan fingerprint density at radius 3 is 0.825 bits per heavy atom. The van der Waals surface area contributed by atoms with E-state index in [1.165, 1.54) is 250 Å². The number of ether oxygens (including phenoxy) is 4. The van der Waals surface area contributed by atoms with Crippen LogP contribution in [-0.4, -0.2) is 82.3 Å². The SMILES string of the molecule is CC/C=C\C/C=C\C/C=C\C/C=C\C/C=C\C/C=C\C/C=C\C/C=C\CCCCCCCCCCCCCCCCCCC(=O)OC(COC(=O)CCCCCCCCCCCCCCCCCCCCCCCC/C=C\C/C=C\C/C=C\CCCCCCC)COC(OCC[N+](C)(C)C)C(=O)[O-]. The highest BCUT2D eigenvalue weighted by molar-refractivity contribution is 5.70. The Morgan fingerprint density at radius 2 is 0.553 bits per heavy atom. The van der Waals surface area contributed by atoms with Crippen molar-refractivity contribution in [2.45, 2.75) is 399 Å². The average Bonchev–Trinajstić information content (AvgIpc) is 1.01. The molecule has 592 valence electrons. The minimum Gasteiger partial charge on any atom is -0.545 e. The number of esters is 2. The lowest BCUT2D eigenvalue weighted by molar-refractivity contribution is -0.870. The summed E-state index contributed by atoms with van der Waals surface area (Å²) in [5, 5.41) is 11.9. The number of quaternary nitrogens is 1. The van der Waals surface area contributed by atoms with Crippen molar-refractivity contribution in [2.75, 3.05) is 47.5 Å². The molecule has 9 nitrogen and oxygen atoms in total. The van der Waals surface area contributed by atoms with Gasteiger partial charge in [0.2, 0.25) is 0 Å². The summed E-state index contributed by atoms with van der Waals surface area (Å²) < 4.78 is 22.9. The second-order valence-electron chi connectivity index (χ2n) is 30.1. The molecular formula is C94H163NO8. The summed E-state index contributed by atoms with van der Waals surface area (Å²) in [7, 11) is 5.95. The van der Waals surface area contributed by atoms with Gasteiger partial charge in [0.05, 0.1) is 40.3 Å². The molecule has 0 amide bonds. The van der Waals surface area contributed by atoms with E-state index < -0.39 is 24.3 Å². The molecule has 103 heavy (non-hydrogen) atoms. The van der Waals surface area contributed by atoms with Crippen LogP contribution in [0.1, 0.15) is 386 Å². The Labute approximate surface area is 637 Å². The first-order valence-electron chi connectivity index (χ1n) is 43.3. The molecule has 9 heteroatoms. The zero-order valence-electron chi connectivity index (χ0n) is 67.9. The van der Waals surface area contributed by atoms with Gasteiger partial charge in [-0.3, -0.25) is 9.59 Å². The van der Waals surface area contributed by atoms with Crippen molar-refractivity contribution >= 4 is 17.9 Å². The van der Waals surface area contributed by atoms with E-state index in [0.717, 1.165) is 103 Å². The van der Waals surface area contributed by atoms with Crippen LogP contribution in [-0.2, 0) is 33.3 Å². The van der Waals surface area contributed by atoms with E-state index in [4.69, 9.17) is 18.9 Å². The van der Waals surface area contributed by atoms with Gasteiger partial charge in [0.25, 0.3) is 0 Å². The minimum absolute atomic E-state index is 0.146. The van der Waals surface area contributed by atoms with Crippen molar-refractivity contribution in [3.63, 3.8) is 0 Å². The summed E-state index contributed by atoms with van der Waals surface area (Å²) in [5.41, 5.74) is 0. The second kappa shape index (κ2) is 83.1. The van der Waals surface area contributed by atoms with Gasteiger partial charge in [0, 0.05) is 12.8 Å². The normalized spacial score (nSPS) is 13.3. The second-order valence-corrected chi connectivity index (χ2v) is 30.1. The van der Waals surface area contributed by atoms with Gasteiger partial charge < -0.3 is 33.3 Å². The van der Waals surface area contributed by atoms with Gasteiger partial charge in [-0.15, -0.1) is 0 Å². The van der Waals surface area contributed by atoms with E-state index in [9.17, 15) is 19.5 Å². The highest BCUT2D eigenvalue weighted by Gasteiger charge is 2.22. The molecule has 0 aromatic carbocycles. The van der Waals surface area contributed by atoms with Crippen LogP contribution in [0.2, 0.25) is 0 Å². The van der Waals surface area contributed by atoms with Crippen molar-refractivity contribution in [3.8, 4) is 0 Å². The van der Waals surface area contributed by atoms with E-state index >= 15 is 0 Å². The summed E-state index contributed by atoms with van der Waals surface area (Å²) in [6, 6.07) is 0. The van der Waals surface area contributed by atoms with Gasteiger partial charge in [0.15, 0.2) is 12.4 Å². The van der Waals surface area contributed by atoms with Crippen LogP contribution in [0.25, 0.3) is 0 Å². The number of aliphatic carboxylic acids is 1. The Kier molecular flexibility index (Phi) is 79.4. The first-order chi connectivity index (χ1) is 50.6. The Morgan fingerprint density at radius 1 is 0.301 bits per heavy atom. The quantitative estimate of drug-likeness (QED) is 0.0195. The highest BCUT2D eigenvalue weighted by Crippen LogP contribution is 2.19. The van der Waals surface area contributed by atoms with Gasteiger partial charge in [-0.2, -0.15) is 0 Å². The molecule has 0 fully saturated rings. The fraction of sp³-hybridized carbons (Fsp3) is 0.734. The van der Waals surface area contributed by atoms with Crippen LogP contribution in [0, 0.1) is 0 Å². The molecule has 0 saturated carbocycles. The van der Waals surface area contributed by atoms with Crippen LogP contribution in [0.3, 0.4) is 0 Å². The number of unbranched alkanes of at least 4 members (excludes halogenated alkanes) is 43. The maximum atomic E-state index is 13.0. The predicted octanol–water partition coefficient (Wildman–Crippen LogP) is 27.0. The molecule has 0 aliphatic rings. The molecule has 0 aromatic heterocycles. The lowest BCUT2D eigenvalue weighted by atomic mass is 10.0. The number of carboxylic acid groups (broad SMARTS) is 1. The third-order valence-corrected chi connectivity index (χ3v) is 18.9. The lowest BCUT2D eigenvalue weighted by Crippen LogP contribution is -2.44. The standard InChI is InChI=1S/C94H163NO8/c1-6-8-10-12-14-16-18-20-22-24-26-28-30-32-34-36-38-40-42-44-45-46-47-49-51-53-55-57-59-61-63-65-67-69-71-73-75-77-79-81-83-85-92(97)103-90(89-102-94(93(98)99)100-87-86-95(3,4)5)88-101-91(96)84-82-80-78-76-74-72-70-68-66-64-62-60-58-56-54-52-50-48-43-41-39-37-35-33-31-29-27-25-23-21-19-17-15-13-11-9-7-2/h8,10,14,16,19-22,25-28,31-34,38,40,44-45,47,49,90,94H,6-7,9,11-13,15,17-18,23-24,29-30,35-37,39,41-43,46,48,50-89H2,1-5H3/b10-8-,16-14-,21-19-,22-20-,27-25-,28-26-,33-31-,34-32-,40-38-,45-44-,49-47-. The number of rotatable bonds is 80. The summed E-state index contributed by atoms with van der Waals surface area (Å²) in [6.45, 7) is 4.66. The molecule has 0 aliphatic heterocycles. The maximum Gasteiger partial charge on any atom is 0.306 e. The van der Waals surface area contributed by atoms with Crippen molar-refractivity contribution in [1.82, 2.24) is 0 Å². The van der Waals surface area contributed by atoms with Crippen molar-refractivity contribution in [3.05, 3.63) is 134 Å². The largest absolute Gasteiger partial charge is 0.545 e. The molecule has 0 aromatic rings. The van der Waals surface area contributed by atoms with Crippen LogP contribution >= 0.6 is 0 Å². The third-order valence-electron chi connectivity index (χ3n) is 18.9. The molecule has 0 saturated heterocycles. The van der Waals surface area contributed by atoms with E-state index in [1.54, 1.807) is 0 Å². The molecular weight excluding hydrogens is 1270 g/mol. The van der Waals surface area contributed by atoms with Crippen LogP contribution in [0.15, 0.2) is 134 Å². The highest BCUT2D eigenvalue weighted by atomic mass is 16.7. The number of allylic oxidation sites excluding steroid dienone is 22. The van der Waals surface area contributed by atoms with Crippen molar-refractivity contribution in [1.29, 1.82) is 0 Å². The molecule has 0 radical (unpaired) electrons. The number of hydrogen-bond donors (Lipinski definition) is 0. The topological polar surface area (TPSA) is 111 Å². The van der Waals surface area contributed by atoms with Gasteiger partial charge in [0.1, 0.15) is 13.2 Å². The van der Waals surface area contributed by atoms with Crippen LogP contribution in [0.4, 0.5) is 0 Å². The van der Waals surface area contributed by atoms with E-state index in [1.807, 2.05) is 21.1 Å². The first kappa shape index (κ1) is 98.4. The van der Waals surface area contributed by atoms with E-state index in [0.29, 0.717) is 23.9 Å². The van der Waals surface area contributed by atoms with Gasteiger partial charge in [-0.1, -0.05) is 392 Å². The first-order valence-corrected chi connectivity index (χ1v) is 43.3. The molecule has 0 rings (SSSR count). The Hall–Kier alpha value is -4.57. The number of carbonyl (C=O) groups is 3. The summed E-state index contributed by atoms with van der Waals surface area (Å²) in [4.78, 5) is 37.7. The molecule has 0 heterocycles. The fourth-order valence-electron chi connectivity index (χ4n) is 12.3. The van der Waals surface area contributed by atoms with E-state index in [-0.39, 0.29) is 32.2 Å². The Bertz CT molecular complexity index is 2170. The monoisotopic (exact) mass is 1430 g/mol. The molecule has 0 aliphatic carbocycles. The average molecular weight is 1440 g/mol. The number of carboxylic acids is 1. The number of hydrogen-bond acceptors (Lipinski definition) is 8. The summed E-state index contributed by atoms with van der Waals surface area (Å²) in [5.74, 6) is -2.27. The number of likely N-dealkylation sites (N-methyl/N-ethyl adjacent to an activating group) is 1. The number of carbonyl (C=O) groups excluding carboxylic acids is 3. The maximum absolute atomic E-state index is 13.0. The smallest absolute Gasteiger partial charge is 0.306 e. The molecule has 0 bridgehead atoms.